The summed E-state index contributed by atoms with van der Waals surface area (Å²) in [7, 11) is 1.70. The Hall–Kier alpha value is -2.18. The van der Waals surface area contributed by atoms with E-state index < -0.39 is 5.97 Å². The molecule has 90 valence electrons. The van der Waals surface area contributed by atoms with E-state index in [0.717, 1.165) is 0 Å². The largest absolute Gasteiger partial charge is 0.481 e. The van der Waals surface area contributed by atoms with E-state index in [1.807, 2.05) is 0 Å². The highest BCUT2D eigenvalue weighted by atomic mass is 16.4. The van der Waals surface area contributed by atoms with Gasteiger partial charge in [-0.25, -0.2) is 4.98 Å². The summed E-state index contributed by atoms with van der Waals surface area (Å²) in [6.45, 7) is 0. The number of hydrogen-bond donors (Lipinski definition) is 2. The van der Waals surface area contributed by atoms with Gasteiger partial charge in [-0.15, -0.1) is 0 Å². The van der Waals surface area contributed by atoms with E-state index in [9.17, 15) is 9.59 Å². The summed E-state index contributed by atoms with van der Waals surface area (Å²) in [5, 5.41) is 12.9. The van der Waals surface area contributed by atoms with Crippen LogP contribution in [0, 0.1) is 0 Å². The Labute approximate surface area is 96.1 Å². The molecule has 0 atom stereocenters. The van der Waals surface area contributed by atoms with Crippen molar-refractivity contribution < 1.29 is 9.90 Å². The van der Waals surface area contributed by atoms with Crippen LogP contribution in [0.1, 0.15) is 18.7 Å². The molecule has 0 aliphatic rings. The minimum atomic E-state index is -0.853. The Balaban J connectivity index is 2.26. The number of fused-ring (bicyclic) bond motifs is 1. The topological polar surface area (TPSA) is 101 Å². The molecule has 7 nitrogen and oxygen atoms in total. The second-order valence-corrected chi connectivity index (χ2v) is 3.77. The number of aliphatic carboxylic acids is 1. The van der Waals surface area contributed by atoms with E-state index in [1.54, 1.807) is 7.05 Å². The standard InChI is InChI=1S/C10H12N4O3/c1-14-9-6(5-11-14)10(17)13-7(12-9)3-2-4-8(15)16/h5H,2-4H2,1H3,(H,15,16)(H,12,13,17). The van der Waals surface area contributed by atoms with Crippen LogP contribution in [-0.2, 0) is 18.3 Å². The molecule has 0 unspecified atom stereocenters. The lowest BCUT2D eigenvalue weighted by atomic mass is 10.2. The van der Waals surface area contributed by atoms with Gasteiger partial charge in [0.1, 0.15) is 11.2 Å². The first kappa shape index (κ1) is 11.3. The molecule has 0 radical (unpaired) electrons. The molecule has 2 rings (SSSR count). The number of carbonyl (C=O) groups is 1. The highest BCUT2D eigenvalue weighted by Gasteiger charge is 2.08. The summed E-state index contributed by atoms with van der Waals surface area (Å²) in [6.07, 6.45) is 2.40. The summed E-state index contributed by atoms with van der Waals surface area (Å²) in [4.78, 5) is 28.9. The van der Waals surface area contributed by atoms with Crippen LogP contribution < -0.4 is 5.56 Å². The zero-order chi connectivity index (χ0) is 12.4. The van der Waals surface area contributed by atoms with E-state index in [1.165, 1.54) is 10.9 Å². The molecule has 0 spiro atoms. The quantitative estimate of drug-likeness (QED) is 0.781. The zero-order valence-electron chi connectivity index (χ0n) is 9.30. The number of rotatable bonds is 4. The number of hydrogen-bond acceptors (Lipinski definition) is 4. The van der Waals surface area contributed by atoms with Crippen molar-refractivity contribution in [1.82, 2.24) is 19.7 Å². The Bertz CT molecular complexity index is 614. The average Bonchev–Trinajstić information content (AvgIpc) is 2.61. The molecule has 0 saturated carbocycles. The van der Waals surface area contributed by atoms with Gasteiger partial charge < -0.3 is 10.1 Å². The Morgan fingerprint density at radius 2 is 2.35 bits per heavy atom. The van der Waals surface area contributed by atoms with Crippen LogP contribution >= 0.6 is 0 Å². The van der Waals surface area contributed by atoms with Crippen LogP contribution in [0.3, 0.4) is 0 Å². The summed E-state index contributed by atoms with van der Waals surface area (Å²) in [5.41, 5.74) is 0.271. The smallest absolute Gasteiger partial charge is 0.303 e. The monoisotopic (exact) mass is 236 g/mol. The Morgan fingerprint density at radius 1 is 1.59 bits per heavy atom. The van der Waals surface area contributed by atoms with Crippen molar-refractivity contribution >= 4 is 17.0 Å². The molecule has 2 aromatic rings. The lowest BCUT2D eigenvalue weighted by Crippen LogP contribution is -2.12. The predicted octanol–water partition coefficient (Wildman–Crippen LogP) is 0.0639. The van der Waals surface area contributed by atoms with Crippen molar-refractivity contribution in [3.05, 3.63) is 22.4 Å². The Kier molecular flexibility index (Phi) is 2.90. The van der Waals surface area contributed by atoms with Gasteiger partial charge in [0, 0.05) is 19.9 Å². The number of carboxylic acid groups (broad SMARTS) is 1. The normalized spacial score (nSPS) is 10.9. The maximum Gasteiger partial charge on any atom is 0.303 e. The number of nitrogens with one attached hydrogen (secondary N) is 1. The SMILES string of the molecule is Cn1ncc2c(=O)[nH]c(CCCC(=O)O)nc21. The lowest BCUT2D eigenvalue weighted by Gasteiger charge is -2.00. The van der Waals surface area contributed by atoms with Crippen LogP contribution in [0.2, 0.25) is 0 Å². The number of aromatic nitrogens is 4. The molecule has 0 amide bonds. The summed E-state index contributed by atoms with van der Waals surface area (Å²) >= 11 is 0. The van der Waals surface area contributed by atoms with Crippen molar-refractivity contribution in [2.45, 2.75) is 19.3 Å². The number of nitrogens with zero attached hydrogens (tertiary/aromatic N) is 3. The molecule has 0 fully saturated rings. The zero-order valence-corrected chi connectivity index (χ0v) is 9.30. The molecule has 2 N–H and O–H groups in total. The van der Waals surface area contributed by atoms with Gasteiger partial charge in [0.05, 0.1) is 6.20 Å². The first-order valence-electron chi connectivity index (χ1n) is 5.20. The maximum atomic E-state index is 11.6. The maximum absolute atomic E-state index is 11.6. The van der Waals surface area contributed by atoms with Gasteiger partial charge in [-0.3, -0.25) is 14.3 Å². The summed E-state index contributed by atoms with van der Waals surface area (Å²) < 4.78 is 1.52. The van der Waals surface area contributed by atoms with E-state index in [4.69, 9.17) is 5.11 Å². The fourth-order valence-corrected chi connectivity index (χ4v) is 1.60. The molecule has 2 aromatic heterocycles. The van der Waals surface area contributed by atoms with Gasteiger partial charge in [-0.05, 0) is 6.42 Å². The third-order valence-electron chi connectivity index (χ3n) is 2.45. The van der Waals surface area contributed by atoms with Crippen molar-refractivity contribution in [2.75, 3.05) is 0 Å². The van der Waals surface area contributed by atoms with E-state index in [-0.39, 0.29) is 12.0 Å². The van der Waals surface area contributed by atoms with Crippen LogP contribution in [0.5, 0.6) is 0 Å². The van der Waals surface area contributed by atoms with Gasteiger partial charge in [-0.1, -0.05) is 0 Å². The number of aromatic amines is 1. The molecule has 7 heteroatoms. The second-order valence-electron chi connectivity index (χ2n) is 3.77. The van der Waals surface area contributed by atoms with Crippen LogP contribution in [0.4, 0.5) is 0 Å². The minimum Gasteiger partial charge on any atom is -0.481 e. The third-order valence-corrected chi connectivity index (χ3v) is 2.45. The number of H-pyrrole nitrogens is 1. The van der Waals surface area contributed by atoms with Crippen molar-refractivity contribution in [3.8, 4) is 0 Å². The molecule has 2 heterocycles. The molecule has 0 bridgehead atoms. The van der Waals surface area contributed by atoms with Gasteiger partial charge in [0.25, 0.3) is 5.56 Å². The summed E-state index contributed by atoms with van der Waals surface area (Å²) in [5.74, 6) is -0.360. The number of aryl methyl sites for hydroxylation is 2. The molecule has 0 saturated heterocycles. The van der Waals surface area contributed by atoms with E-state index >= 15 is 0 Å². The van der Waals surface area contributed by atoms with Crippen molar-refractivity contribution in [1.29, 1.82) is 0 Å². The fraction of sp³-hybridized carbons (Fsp3) is 0.400. The van der Waals surface area contributed by atoms with Crippen LogP contribution in [0.15, 0.2) is 11.0 Å². The van der Waals surface area contributed by atoms with Gasteiger partial charge in [-0.2, -0.15) is 5.10 Å². The molecular weight excluding hydrogens is 224 g/mol. The number of carboxylic acids is 1. The summed E-state index contributed by atoms with van der Waals surface area (Å²) in [6, 6.07) is 0. The highest BCUT2D eigenvalue weighted by Crippen LogP contribution is 2.06. The molecule has 0 aliphatic carbocycles. The van der Waals surface area contributed by atoms with E-state index in [2.05, 4.69) is 15.1 Å². The van der Waals surface area contributed by atoms with Gasteiger partial charge >= 0.3 is 5.97 Å². The highest BCUT2D eigenvalue weighted by molar-refractivity contribution is 5.72. The van der Waals surface area contributed by atoms with Crippen LogP contribution in [-0.4, -0.2) is 30.8 Å². The first-order chi connectivity index (χ1) is 8.08. The van der Waals surface area contributed by atoms with Crippen molar-refractivity contribution in [2.24, 2.45) is 7.05 Å². The Morgan fingerprint density at radius 3 is 3.06 bits per heavy atom. The predicted molar refractivity (Wildman–Crippen MR) is 59.7 cm³/mol. The molecular formula is C10H12N4O3. The second kappa shape index (κ2) is 4.36. The van der Waals surface area contributed by atoms with E-state index in [0.29, 0.717) is 29.7 Å². The minimum absolute atomic E-state index is 0.0626. The molecule has 0 aromatic carbocycles. The van der Waals surface area contributed by atoms with Gasteiger partial charge in [0.15, 0.2) is 5.65 Å². The van der Waals surface area contributed by atoms with Gasteiger partial charge in [0.2, 0.25) is 0 Å². The fourth-order valence-electron chi connectivity index (χ4n) is 1.60. The van der Waals surface area contributed by atoms with Crippen LogP contribution in [0.25, 0.3) is 11.0 Å². The molecule has 0 aliphatic heterocycles. The average molecular weight is 236 g/mol. The lowest BCUT2D eigenvalue weighted by molar-refractivity contribution is -0.137. The molecule has 17 heavy (non-hydrogen) atoms. The third kappa shape index (κ3) is 2.32. The van der Waals surface area contributed by atoms with Crippen molar-refractivity contribution in [3.63, 3.8) is 0 Å². The first-order valence-corrected chi connectivity index (χ1v) is 5.20.